The van der Waals surface area contributed by atoms with Crippen molar-refractivity contribution in [1.29, 1.82) is 0 Å². The monoisotopic (exact) mass is 797 g/mol. The maximum Gasteiger partial charge on any atom is 0.455 e. The molecular formula is C27H40F9N5S6. The average Bonchev–Trinajstić information content (AvgIpc) is 3.46. The van der Waals surface area contributed by atoms with Crippen molar-refractivity contribution in [3.05, 3.63) is 9.54 Å². The molecule has 0 N–H and O–H groups in total. The fraction of sp³-hybridized carbons (Fsp3) is 0.778. The molecule has 0 saturated carbocycles. The molecular weight excluding hydrogens is 758 g/mol. The van der Waals surface area contributed by atoms with Crippen LogP contribution in [0.15, 0.2) is 20.1 Å². The fourth-order valence-corrected chi connectivity index (χ4v) is 9.68. The van der Waals surface area contributed by atoms with Crippen LogP contribution in [0.25, 0.3) is 0 Å². The van der Waals surface area contributed by atoms with Crippen molar-refractivity contribution in [1.82, 2.24) is 21.4 Å². The van der Waals surface area contributed by atoms with E-state index >= 15 is 0 Å². The predicted molar refractivity (Wildman–Crippen MR) is 179 cm³/mol. The van der Waals surface area contributed by atoms with E-state index in [-0.39, 0.29) is 50.0 Å². The first-order chi connectivity index (χ1) is 21.1. The minimum Gasteiger partial charge on any atom is -0.309 e. The van der Waals surface area contributed by atoms with Gasteiger partial charge in [0.1, 0.15) is 20.1 Å². The molecule has 0 radical (unpaired) electrons. The van der Waals surface area contributed by atoms with Crippen LogP contribution in [0.4, 0.5) is 39.5 Å². The quantitative estimate of drug-likeness (QED) is 0.0965. The molecule has 0 aromatic carbocycles. The summed E-state index contributed by atoms with van der Waals surface area (Å²) in [5, 5.41) is 0.962. The van der Waals surface area contributed by atoms with Gasteiger partial charge in [-0.25, -0.2) is 8.78 Å². The lowest BCUT2D eigenvalue weighted by Gasteiger charge is -2.25. The van der Waals surface area contributed by atoms with Crippen LogP contribution in [0.1, 0.15) is 69.2 Å². The maximum atomic E-state index is 14.6. The van der Waals surface area contributed by atoms with E-state index in [0.717, 1.165) is 56.7 Å². The first-order valence-corrected chi connectivity index (χ1v) is 18.6. The Kier molecular flexibility index (Phi) is 13.7. The minimum absolute atomic E-state index is 0.0677. The lowest BCUT2D eigenvalue weighted by atomic mass is 9.97. The van der Waals surface area contributed by atoms with Gasteiger partial charge in [-0.05, 0) is 41.0 Å². The zero-order chi connectivity index (χ0) is 36.7. The van der Waals surface area contributed by atoms with Crippen LogP contribution < -0.4 is 0 Å². The van der Waals surface area contributed by atoms with Crippen molar-refractivity contribution in [3.63, 3.8) is 0 Å². The van der Waals surface area contributed by atoms with Crippen molar-refractivity contribution in [2.24, 2.45) is 10.8 Å². The Bertz CT molecular complexity index is 1510. The van der Waals surface area contributed by atoms with E-state index in [1.165, 1.54) is 4.57 Å². The summed E-state index contributed by atoms with van der Waals surface area (Å²) in [6.07, 6.45) is -5.81. The third-order valence-corrected chi connectivity index (χ3v) is 11.7. The van der Waals surface area contributed by atoms with E-state index in [4.69, 9.17) is 24.4 Å². The smallest absolute Gasteiger partial charge is 0.309 e. The Morgan fingerprint density at radius 3 is 1.38 bits per heavy atom. The van der Waals surface area contributed by atoms with Gasteiger partial charge in [-0.15, -0.1) is 14.9 Å². The molecule has 1 aliphatic rings. The number of nitrogens with zero attached hydrogens (tertiary/aromatic N) is 5. The van der Waals surface area contributed by atoms with Gasteiger partial charge in [-0.2, -0.15) is 30.7 Å². The van der Waals surface area contributed by atoms with E-state index < -0.39 is 42.4 Å². The second kappa shape index (κ2) is 15.1. The van der Waals surface area contributed by atoms with Crippen LogP contribution in [0.5, 0.6) is 0 Å². The number of alkyl halides is 9. The number of fused-ring (bicyclic) bond motifs is 1. The highest BCUT2D eigenvalue weighted by Gasteiger charge is 2.58. The summed E-state index contributed by atoms with van der Waals surface area (Å²) in [5.74, 6) is -13.5. The van der Waals surface area contributed by atoms with Crippen molar-refractivity contribution in [2.75, 3.05) is 5.75 Å². The standard InChI is InChI=1S/C25H34F9N5S6.C2H6/c1-9-42-14-15(35(10-20(2,3)4)18(40)37(14)13-24(30,31)25(32,33)34)43-39-44-16-17(45-39)38(12-23(28,29)22(8,26)27)19(41)36(16)11-21(5,6)7;1-2/h9-13H2,1-8H3;1-2H3. The van der Waals surface area contributed by atoms with Crippen LogP contribution in [-0.4, -0.2) is 51.1 Å². The van der Waals surface area contributed by atoms with Gasteiger partial charge in [0.15, 0.2) is 9.54 Å². The summed E-state index contributed by atoms with van der Waals surface area (Å²) >= 11 is 14.9. The Morgan fingerprint density at radius 2 is 0.979 bits per heavy atom. The highest BCUT2D eigenvalue weighted by Crippen LogP contribution is 2.55. The summed E-state index contributed by atoms with van der Waals surface area (Å²) in [6.45, 7) is 14.4. The molecule has 272 valence electrons. The Morgan fingerprint density at radius 1 is 0.596 bits per heavy atom. The molecule has 20 heteroatoms. The van der Waals surface area contributed by atoms with Crippen molar-refractivity contribution in [3.8, 4) is 0 Å². The van der Waals surface area contributed by atoms with Crippen molar-refractivity contribution < 1.29 is 39.5 Å². The Balaban J connectivity index is 0.00000376. The van der Waals surface area contributed by atoms with Gasteiger partial charge in [0, 0.05) is 55.9 Å². The van der Waals surface area contributed by atoms with E-state index in [0.29, 0.717) is 10.8 Å². The summed E-state index contributed by atoms with van der Waals surface area (Å²) in [7, 11) is 0. The molecule has 2 aromatic rings. The topological polar surface area (TPSA) is 23.0 Å². The third-order valence-electron chi connectivity index (χ3n) is 6.07. The Labute approximate surface area is 297 Å². The number of halogens is 9. The highest BCUT2D eigenvalue weighted by molar-refractivity contribution is 8.27. The second-order valence-corrected chi connectivity index (χ2v) is 18.5. The third kappa shape index (κ3) is 10.1. The minimum atomic E-state index is -5.81. The molecule has 0 fully saturated rings. The average molecular weight is 798 g/mol. The molecule has 0 amide bonds. The van der Waals surface area contributed by atoms with Crippen LogP contribution in [0.2, 0.25) is 0 Å². The zero-order valence-electron chi connectivity index (χ0n) is 27.6. The summed E-state index contributed by atoms with van der Waals surface area (Å²) in [5.41, 5.74) is -0.866. The van der Waals surface area contributed by atoms with Crippen LogP contribution in [0.3, 0.4) is 0 Å². The maximum absolute atomic E-state index is 14.6. The van der Waals surface area contributed by atoms with Gasteiger partial charge in [-0.3, -0.25) is 0 Å². The van der Waals surface area contributed by atoms with E-state index in [2.05, 4.69) is 0 Å². The molecule has 0 atom stereocenters. The van der Waals surface area contributed by atoms with Gasteiger partial charge in [0.05, 0.1) is 13.1 Å². The number of rotatable bonds is 11. The molecule has 0 saturated heterocycles. The predicted octanol–water partition coefficient (Wildman–Crippen LogP) is 12.1. The fourth-order valence-electron chi connectivity index (χ4n) is 4.04. The normalized spacial score (nSPS) is 15.2. The van der Waals surface area contributed by atoms with Gasteiger partial charge in [-0.1, -0.05) is 62.3 Å². The first-order valence-electron chi connectivity index (χ1n) is 14.4. The molecule has 2 aromatic heterocycles. The molecule has 0 bridgehead atoms. The molecule has 47 heavy (non-hydrogen) atoms. The van der Waals surface area contributed by atoms with Crippen LogP contribution >= 0.6 is 72.0 Å². The van der Waals surface area contributed by atoms with Gasteiger partial charge >= 0.3 is 23.9 Å². The highest BCUT2D eigenvalue weighted by atomic mass is 32.3. The lowest BCUT2D eigenvalue weighted by Crippen LogP contribution is -2.41. The zero-order valence-corrected chi connectivity index (χ0v) is 32.5. The summed E-state index contributed by atoms with van der Waals surface area (Å²) in [4.78, 5) is 0. The molecule has 0 spiro atoms. The SMILES string of the molecule is CC.CCSc1c(SN2Sc3c(n(CC(F)(F)C(C)(F)F)c(=S)n3CC(C)(C)C)S2)n(CC(C)(C)C)c(=S)n1CC(F)(F)C(F)(F)F. The molecule has 1 aliphatic heterocycles. The second-order valence-electron chi connectivity index (χ2n) is 13.0. The number of aromatic nitrogens is 4. The Hall–Kier alpha value is -0.410. The molecule has 3 rings (SSSR count). The first kappa shape index (κ1) is 42.8. The van der Waals surface area contributed by atoms with E-state index in [1.807, 2.05) is 55.4 Å². The van der Waals surface area contributed by atoms with Crippen molar-refractivity contribution in [2.45, 2.75) is 139 Å². The van der Waals surface area contributed by atoms with Crippen molar-refractivity contribution >= 4 is 72.0 Å². The number of imidazole rings is 2. The van der Waals surface area contributed by atoms with Gasteiger partial charge in [0.25, 0.3) is 0 Å². The number of thioether (sulfide) groups is 1. The number of hydrogen-bond donors (Lipinski definition) is 0. The molecule has 0 unspecified atom stereocenters. The van der Waals surface area contributed by atoms with E-state index in [9.17, 15) is 39.5 Å². The van der Waals surface area contributed by atoms with Gasteiger partial charge < -0.3 is 18.3 Å². The summed E-state index contributed by atoms with van der Waals surface area (Å²) < 4.78 is 132. The molecule has 5 nitrogen and oxygen atoms in total. The molecule has 0 aliphatic carbocycles. The molecule has 3 heterocycles. The van der Waals surface area contributed by atoms with E-state index in [1.54, 1.807) is 14.6 Å². The number of hydrogen-bond acceptors (Lipinski definition) is 7. The largest absolute Gasteiger partial charge is 0.455 e. The van der Waals surface area contributed by atoms with Gasteiger partial charge in [0.2, 0.25) is 0 Å². The van der Waals surface area contributed by atoms with Crippen LogP contribution in [-0.2, 0) is 26.2 Å². The lowest BCUT2D eigenvalue weighted by molar-refractivity contribution is -0.287. The summed E-state index contributed by atoms with van der Waals surface area (Å²) in [6, 6.07) is 0. The van der Waals surface area contributed by atoms with Crippen LogP contribution in [0, 0.1) is 20.4 Å².